The third kappa shape index (κ3) is 6.36. The number of Topliss-reactive ketones (excluding diaryl/α,β-unsaturated/α-hetero) is 2. The molecule has 0 spiro atoms. The summed E-state index contributed by atoms with van der Waals surface area (Å²) in [5.74, 6) is -1.44. The molecule has 0 bridgehead atoms. The van der Waals surface area contributed by atoms with Gasteiger partial charge in [-0.15, -0.1) is 0 Å². The van der Waals surface area contributed by atoms with E-state index in [0.29, 0.717) is 11.1 Å². The Morgan fingerprint density at radius 3 is 1.52 bits per heavy atom. The Morgan fingerprint density at radius 2 is 1.10 bits per heavy atom. The number of carbonyl (C=O) groups is 4. The molecule has 0 radical (unpaired) electrons. The van der Waals surface area contributed by atoms with Crippen LogP contribution in [-0.2, 0) is 14.2 Å². The topological polar surface area (TPSA) is 96.0 Å². The van der Waals surface area contributed by atoms with Gasteiger partial charge < -0.3 is 14.2 Å². The van der Waals surface area contributed by atoms with Crippen molar-refractivity contribution in [2.75, 3.05) is 20.3 Å². The van der Waals surface area contributed by atoms with Crippen LogP contribution in [0.4, 0.5) is 0 Å². The summed E-state index contributed by atoms with van der Waals surface area (Å²) < 4.78 is 15.6. The molecular weight excluding hydrogens is 376 g/mol. The van der Waals surface area contributed by atoms with E-state index in [1.165, 1.54) is 69.5 Å². The van der Waals surface area contributed by atoms with E-state index in [2.05, 4.69) is 0 Å². The summed E-state index contributed by atoms with van der Waals surface area (Å²) >= 11 is 0. The van der Waals surface area contributed by atoms with Crippen LogP contribution >= 0.6 is 0 Å². The molecule has 1 unspecified atom stereocenters. The highest BCUT2D eigenvalue weighted by Crippen LogP contribution is 2.10. The van der Waals surface area contributed by atoms with Gasteiger partial charge in [0.2, 0.25) is 0 Å². The van der Waals surface area contributed by atoms with Crippen LogP contribution in [0, 0.1) is 0 Å². The van der Waals surface area contributed by atoms with Gasteiger partial charge in [0.25, 0.3) is 0 Å². The molecule has 0 amide bonds. The van der Waals surface area contributed by atoms with E-state index in [1.54, 1.807) is 0 Å². The lowest BCUT2D eigenvalue weighted by atomic mass is 10.1. The zero-order valence-corrected chi connectivity index (χ0v) is 16.5. The molecule has 0 N–H and O–H groups in total. The first-order valence-corrected chi connectivity index (χ1v) is 8.91. The molecule has 0 fully saturated rings. The molecule has 7 nitrogen and oxygen atoms in total. The molecule has 2 aromatic rings. The predicted octanol–water partition coefficient (Wildman–Crippen LogP) is 3.12. The van der Waals surface area contributed by atoms with Crippen LogP contribution in [0.15, 0.2) is 48.5 Å². The number of ether oxygens (including phenoxy) is 3. The molecule has 0 aliphatic heterocycles. The molecule has 0 heterocycles. The number of esters is 2. The van der Waals surface area contributed by atoms with E-state index in [0.717, 1.165) is 0 Å². The van der Waals surface area contributed by atoms with Gasteiger partial charge in [-0.3, -0.25) is 9.59 Å². The highest BCUT2D eigenvalue weighted by Gasteiger charge is 2.19. The first kappa shape index (κ1) is 22.0. The number of methoxy groups -OCH3 is 1. The van der Waals surface area contributed by atoms with Crippen LogP contribution in [0.2, 0.25) is 0 Å². The second kappa shape index (κ2) is 10.3. The summed E-state index contributed by atoms with van der Waals surface area (Å²) in [7, 11) is 1.44. The maximum absolute atomic E-state index is 12.3. The normalized spacial score (nSPS) is 11.4. The van der Waals surface area contributed by atoms with Gasteiger partial charge in [-0.1, -0.05) is 24.3 Å². The minimum absolute atomic E-state index is 0.0355. The van der Waals surface area contributed by atoms with Crippen molar-refractivity contribution < 1.29 is 33.4 Å². The summed E-state index contributed by atoms with van der Waals surface area (Å²) in [6, 6.07) is 12.1. The lowest BCUT2D eigenvalue weighted by Gasteiger charge is -2.17. The standard InChI is InChI=1S/C22H22O7/c1-14(23)16-4-8-18(9-5-16)21(25)28-13-20(12-27-3)29-22(26)19-10-6-17(7-11-19)15(2)24/h4-11,20H,12-13H2,1-3H3. The predicted molar refractivity (Wildman–Crippen MR) is 104 cm³/mol. The van der Waals surface area contributed by atoms with Gasteiger partial charge in [0, 0.05) is 18.2 Å². The Bertz CT molecular complexity index is 882. The smallest absolute Gasteiger partial charge is 0.338 e. The molecule has 0 aromatic heterocycles. The molecule has 1 atom stereocenters. The van der Waals surface area contributed by atoms with Crippen LogP contribution in [-0.4, -0.2) is 49.9 Å². The zero-order valence-electron chi connectivity index (χ0n) is 16.5. The molecule has 0 aliphatic carbocycles. The van der Waals surface area contributed by atoms with E-state index in [1.807, 2.05) is 0 Å². The van der Waals surface area contributed by atoms with Gasteiger partial charge in [-0.05, 0) is 38.1 Å². The van der Waals surface area contributed by atoms with Crippen LogP contribution < -0.4 is 0 Å². The van der Waals surface area contributed by atoms with E-state index in [9.17, 15) is 19.2 Å². The molecule has 29 heavy (non-hydrogen) atoms. The fraction of sp³-hybridized carbons (Fsp3) is 0.273. The first-order chi connectivity index (χ1) is 13.8. The lowest BCUT2D eigenvalue weighted by molar-refractivity contribution is -0.0241. The number of hydrogen-bond acceptors (Lipinski definition) is 7. The summed E-state index contributed by atoms with van der Waals surface area (Å²) in [4.78, 5) is 47.1. The van der Waals surface area contributed by atoms with Crippen LogP contribution in [0.5, 0.6) is 0 Å². The Morgan fingerprint density at radius 1 is 0.690 bits per heavy atom. The van der Waals surface area contributed by atoms with Gasteiger partial charge in [-0.25, -0.2) is 9.59 Å². The SMILES string of the molecule is COCC(COC(=O)c1ccc(C(C)=O)cc1)OC(=O)c1ccc(C(C)=O)cc1. The number of rotatable bonds is 9. The Kier molecular flexibility index (Phi) is 7.79. The molecule has 7 heteroatoms. The minimum atomic E-state index is -0.805. The number of carbonyl (C=O) groups excluding carboxylic acids is 4. The minimum Gasteiger partial charge on any atom is -0.458 e. The van der Waals surface area contributed by atoms with Gasteiger partial charge in [-0.2, -0.15) is 0 Å². The maximum atomic E-state index is 12.3. The second-order valence-electron chi connectivity index (χ2n) is 6.35. The highest BCUT2D eigenvalue weighted by atomic mass is 16.6. The fourth-order valence-electron chi connectivity index (χ4n) is 2.46. The third-order valence-electron chi connectivity index (χ3n) is 4.08. The van der Waals surface area contributed by atoms with Crippen molar-refractivity contribution in [2.24, 2.45) is 0 Å². The van der Waals surface area contributed by atoms with Gasteiger partial charge >= 0.3 is 11.9 Å². The van der Waals surface area contributed by atoms with E-state index in [4.69, 9.17) is 14.2 Å². The maximum Gasteiger partial charge on any atom is 0.338 e. The van der Waals surface area contributed by atoms with E-state index < -0.39 is 18.0 Å². The molecule has 2 aromatic carbocycles. The fourth-order valence-corrected chi connectivity index (χ4v) is 2.46. The van der Waals surface area contributed by atoms with Crippen LogP contribution in [0.25, 0.3) is 0 Å². The van der Waals surface area contributed by atoms with E-state index in [-0.39, 0.29) is 35.9 Å². The quantitative estimate of drug-likeness (QED) is 0.473. The third-order valence-corrected chi connectivity index (χ3v) is 4.08. The Hall–Kier alpha value is -3.32. The van der Waals surface area contributed by atoms with Crippen molar-refractivity contribution in [3.63, 3.8) is 0 Å². The summed E-state index contributed by atoms with van der Waals surface area (Å²) in [5.41, 5.74) is 1.52. The van der Waals surface area contributed by atoms with Crippen molar-refractivity contribution in [3.8, 4) is 0 Å². The molecular formula is C22H22O7. The van der Waals surface area contributed by atoms with Gasteiger partial charge in [0.15, 0.2) is 17.7 Å². The van der Waals surface area contributed by atoms with Gasteiger partial charge in [0.1, 0.15) is 6.61 Å². The number of hydrogen-bond donors (Lipinski definition) is 0. The molecule has 0 aliphatic rings. The summed E-state index contributed by atoms with van der Waals surface area (Å²) in [6.45, 7) is 2.71. The monoisotopic (exact) mass is 398 g/mol. The molecule has 2 rings (SSSR count). The zero-order chi connectivity index (χ0) is 21.4. The summed E-state index contributed by atoms with van der Waals surface area (Å²) in [6.07, 6.45) is -0.805. The van der Waals surface area contributed by atoms with Crippen molar-refractivity contribution in [1.82, 2.24) is 0 Å². The van der Waals surface area contributed by atoms with Crippen LogP contribution in [0.1, 0.15) is 55.3 Å². The molecule has 152 valence electrons. The van der Waals surface area contributed by atoms with Crippen molar-refractivity contribution >= 4 is 23.5 Å². The summed E-state index contributed by atoms with van der Waals surface area (Å²) in [5, 5.41) is 0. The van der Waals surface area contributed by atoms with Crippen molar-refractivity contribution in [3.05, 3.63) is 70.8 Å². The highest BCUT2D eigenvalue weighted by molar-refractivity contribution is 5.96. The Labute approximate surface area is 168 Å². The molecule has 0 saturated heterocycles. The largest absolute Gasteiger partial charge is 0.458 e. The van der Waals surface area contributed by atoms with Crippen LogP contribution in [0.3, 0.4) is 0 Å². The first-order valence-electron chi connectivity index (χ1n) is 8.91. The van der Waals surface area contributed by atoms with Crippen molar-refractivity contribution in [2.45, 2.75) is 20.0 Å². The average Bonchev–Trinajstić information content (AvgIpc) is 2.72. The molecule has 0 saturated carbocycles. The number of benzene rings is 2. The van der Waals surface area contributed by atoms with Crippen molar-refractivity contribution in [1.29, 1.82) is 0 Å². The average molecular weight is 398 g/mol. The van der Waals surface area contributed by atoms with Gasteiger partial charge in [0.05, 0.1) is 17.7 Å². The lowest BCUT2D eigenvalue weighted by Crippen LogP contribution is -2.29. The second-order valence-corrected chi connectivity index (χ2v) is 6.35. The van der Waals surface area contributed by atoms with E-state index >= 15 is 0 Å². The number of ketones is 2. The Balaban J connectivity index is 1.96.